The van der Waals surface area contributed by atoms with E-state index in [1.165, 1.54) is 4.68 Å². The minimum atomic E-state index is -4.47. The summed E-state index contributed by atoms with van der Waals surface area (Å²) in [4.78, 5) is 16.1. The maximum Gasteiger partial charge on any atom is 0.435 e. The molecule has 0 saturated heterocycles. The van der Waals surface area contributed by atoms with Crippen LogP contribution in [0.5, 0.6) is 0 Å². The molecule has 1 fully saturated rings. The summed E-state index contributed by atoms with van der Waals surface area (Å²) in [5.41, 5.74) is 0.262. The van der Waals surface area contributed by atoms with Crippen LogP contribution in [0.1, 0.15) is 37.1 Å². The van der Waals surface area contributed by atoms with Gasteiger partial charge in [-0.1, -0.05) is 6.92 Å². The summed E-state index contributed by atoms with van der Waals surface area (Å²) in [5, 5.41) is 6.39. The number of aromatic nitrogens is 3. The summed E-state index contributed by atoms with van der Waals surface area (Å²) in [6.07, 6.45) is 0.349. The molecule has 24 heavy (non-hydrogen) atoms. The first kappa shape index (κ1) is 16.5. The first-order valence-corrected chi connectivity index (χ1v) is 7.70. The Morgan fingerprint density at radius 2 is 2.04 bits per heavy atom. The molecule has 8 heteroatoms. The van der Waals surface area contributed by atoms with Crippen molar-refractivity contribution in [2.45, 2.75) is 38.4 Å². The molecule has 0 bridgehead atoms. The van der Waals surface area contributed by atoms with Crippen molar-refractivity contribution in [3.05, 3.63) is 42.0 Å². The molecule has 1 amide bonds. The lowest BCUT2D eigenvalue weighted by atomic mass is 10.1. The predicted octanol–water partition coefficient (Wildman–Crippen LogP) is 3.45. The number of carbonyl (C=O) groups is 1. The Labute approximate surface area is 136 Å². The normalized spacial score (nSPS) is 16.0. The molecular formula is C16H17F3N4O. The zero-order valence-electron chi connectivity index (χ0n) is 13.0. The molecule has 1 unspecified atom stereocenters. The van der Waals surface area contributed by atoms with Crippen molar-refractivity contribution in [2.75, 3.05) is 5.32 Å². The molecule has 0 aliphatic heterocycles. The average Bonchev–Trinajstić information content (AvgIpc) is 3.28. The molecule has 1 aliphatic rings. The van der Waals surface area contributed by atoms with E-state index in [0.29, 0.717) is 11.4 Å². The lowest BCUT2D eigenvalue weighted by Gasteiger charge is -2.14. The second kappa shape index (κ2) is 6.26. The third-order valence-corrected chi connectivity index (χ3v) is 3.94. The highest BCUT2D eigenvalue weighted by molar-refractivity contribution is 5.92. The Kier molecular flexibility index (Phi) is 4.29. The number of nitrogens with zero attached hydrogens (tertiary/aromatic N) is 3. The number of hydrogen-bond donors (Lipinski definition) is 1. The molecule has 1 atom stereocenters. The summed E-state index contributed by atoms with van der Waals surface area (Å²) in [6.45, 7) is 1.78. The van der Waals surface area contributed by atoms with Crippen molar-refractivity contribution in [3.63, 3.8) is 0 Å². The fourth-order valence-corrected chi connectivity index (χ4v) is 2.47. The van der Waals surface area contributed by atoms with E-state index in [-0.39, 0.29) is 18.4 Å². The third kappa shape index (κ3) is 3.74. The highest BCUT2D eigenvalue weighted by Gasteiger charge is 2.38. The van der Waals surface area contributed by atoms with E-state index in [2.05, 4.69) is 15.4 Å². The maximum absolute atomic E-state index is 12.9. The van der Waals surface area contributed by atoms with Gasteiger partial charge in [0.1, 0.15) is 0 Å². The van der Waals surface area contributed by atoms with Crippen molar-refractivity contribution in [3.8, 4) is 0 Å². The molecule has 2 aromatic heterocycles. The van der Waals surface area contributed by atoms with Gasteiger partial charge in [-0.05, 0) is 31.0 Å². The number of halogens is 3. The van der Waals surface area contributed by atoms with E-state index in [1.54, 1.807) is 31.5 Å². The second-order valence-electron chi connectivity index (χ2n) is 6.03. The van der Waals surface area contributed by atoms with Crippen molar-refractivity contribution < 1.29 is 18.0 Å². The van der Waals surface area contributed by atoms with Gasteiger partial charge in [-0.25, -0.2) is 0 Å². The second-order valence-corrected chi connectivity index (χ2v) is 6.03. The van der Waals surface area contributed by atoms with Gasteiger partial charge in [-0.15, -0.1) is 0 Å². The van der Waals surface area contributed by atoms with Gasteiger partial charge in [-0.2, -0.15) is 18.3 Å². The van der Waals surface area contributed by atoms with Gasteiger partial charge in [0, 0.05) is 29.7 Å². The van der Waals surface area contributed by atoms with Crippen molar-refractivity contribution >= 4 is 11.6 Å². The molecule has 1 N–H and O–H groups in total. The molecule has 1 aliphatic carbocycles. The molecule has 0 spiro atoms. The number of anilines is 1. The molecule has 0 radical (unpaired) electrons. The van der Waals surface area contributed by atoms with Gasteiger partial charge >= 0.3 is 6.18 Å². The number of alkyl halides is 3. The Morgan fingerprint density at radius 1 is 1.38 bits per heavy atom. The van der Waals surface area contributed by atoms with Crippen molar-refractivity contribution in [1.29, 1.82) is 0 Å². The number of carbonyl (C=O) groups excluding carboxylic acids is 1. The van der Waals surface area contributed by atoms with Crippen molar-refractivity contribution in [2.24, 2.45) is 5.92 Å². The van der Waals surface area contributed by atoms with Crippen LogP contribution in [0.3, 0.4) is 0 Å². The van der Waals surface area contributed by atoms with E-state index >= 15 is 0 Å². The fraction of sp³-hybridized carbons (Fsp3) is 0.438. The Bertz CT molecular complexity index is 723. The van der Waals surface area contributed by atoms with Gasteiger partial charge in [0.2, 0.25) is 5.91 Å². The smallest absolute Gasteiger partial charge is 0.326 e. The van der Waals surface area contributed by atoms with E-state index in [4.69, 9.17) is 0 Å². The third-order valence-electron chi connectivity index (χ3n) is 3.94. The number of pyridine rings is 1. The molecule has 5 nitrogen and oxygen atoms in total. The Hall–Kier alpha value is -2.38. The van der Waals surface area contributed by atoms with Crippen LogP contribution in [-0.4, -0.2) is 20.7 Å². The Balaban J connectivity index is 1.72. The number of rotatable bonds is 5. The summed E-state index contributed by atoms with van der Waals surface area (Å²) in [6, 6.07) is 4.40. The highest BCUT2D eigenvalue weighted by Crippen LogP contribution is 2.42. The first-order chi connectivity index (χ1) is 11.3. The summed E-state index contributed by atoms with van der Waals surface area (Å²) >= 11 is 0. The van der Waals surface area contributed by atoms with Crippen LogP contribution >= 0.6 is 0 Å². The number of amides is 1. The maximum atomic E-state index is 12.9. The molecule has 3 rings (SSSR count). The molecule has 1 saturated carbocycles. The zero-order chi connectivity index (χ0) is 17.3. The van der Waals surface area contributed by atoms with Crippen LogP contribution in [-0.2, 0) is 17.5 Å². The fourth-order valence-electron chi connectivity index (χ4n) is 2.47. The Morgan fingerprint density at radius 3 is 2.62 bits per heavy atom. The van der Waals surface area contributed by atoms with Crippen LogP contribution in [0.15, 0.2) is 30.6 Å². The van der Waals surface area contributed by atoms with Crippen molar-refractivity contribution in [1.82, 2.24) is 14.8 Å². The molecular weight excluding hydrogens is 321 g/mol. The number of hydrogen-bond acceptors (Lipinski definition) is 3. The largest absolute Gasteiger partial charge is 0.435 e. The van der Waals surface area contributed by atoms with Crippen LogP contribution in [0.25, 0.3) is 0 Å². The van der Waals surface area contributed by atoms with Crippen LogP contribution in [0.2, 0.25) is 0 Å². The van der Waals surface area contributed by atoms with E-state index < -0.39 is 17.8 Å². The monoisotopic (exact) mass is 338 g/mol. The lowest BCUT2D eigenvalue weighted by Crippen LogP contribution is -2.25. The lowest BCUT2D eigenvalue weighted by molar-refractivity contribution is -0.141. The summed E-state index contributed by atoms with van der Waals surface area (Å²) in [5.74, 6) is -0.673. The van der Waals surface area contributed by atoms with Crippen LogP contribution in [0.4, 0.5) is 18.9 Å². The van der Waals surface area contributed by atoms with Gasteiger partial charge in [0.15, 0.2) is 5.69 Å². The SMILES string of the molecule is CC(Cn1nc(C(F)(F)F)cc1C1CC1)C(=O)Nc1ccncc1. The van der Waals surface area contributed by atoms with Gasteiger partial charge in [0.25, 0.3) is 0 Å². The minimum Gasteiger partial charge on any atom is -0.326 e. The standard InChI is InChI=1S/C16H17F3N4O/c1-10(15(24)21-12-4-6-20-7-5-12)9-23-13(11-2-3-11)8-14(22-23)16(17,18)19/h4-8,10-11H,2-3,9H2,1H3,(H,20,21,24). The van der Waals surface area contributed by atoms with Gasteiger partial charge in [-0.3, -0.25) is 14.5 Å². The van der Waals surface area contributed by atoms with Gasteiger partial charge in [0.05, 0.1) is 12.5 Å². The zero-order valence-corrected chi connectivity index (χ0v) is 13.0. The van der Waals surface area contributed by atoms with E-state index in [1.807, 2.05) is 0 Å². The summed E-state index contributed by atoms with van der Waals surface area (Å²) < 4.78 is 40.0. The highest BCUT2D eigenvalue weighted by atomic mass is 19.4. The minimum absolute atomic E-state index is 0.110. The molecule has 2 heterocycles. The molecule has 0 aromatic carbocycles. The summed E-state index contributed by atoms with van der Waals surface area (Å²) in [7, 11) is 0. The van der Waals surface area contributed by atoms with E-state index in [0.717, 1.165) is 18.9 Å². The first-order valence-electron chi connectivity index (χ1n) is 7.70. The van der Waals surface area contributed by atoms with Crippen LogP contribution < -0.4 is 5.32 Å². The quantitative estimate of drug-likeness (QED) is 0.908. The number of nitrogens with one attached hydrogen (secondary N) is 1. The van der Waals surface area contributed by atoms with Gasteiger partial charge < -0.3 is 5.32 Å². The topological polar surface area (TPSA) is 59.8 Å². The van der Waals surface area contributed by atoms with Crippen LogP contribution in [0, 0.1) is 5.92 Å². The average molecular weight is 338 g/mol. The molecule has 2 aromatic rings. The van der Waals surface area contributed by atoms with E-state index in [9.17, 15) is 18.0 Å². The predicted molar refractivity (Wildman–Crippen MR) is 81.2 cm³/mol. The molecule has 128 valence electrons.